The molecule has 1 aliphatic heterocycles. The molecule has 0 radical (unpaired) electrons. The van der Waals surface area contributed by atoms with Gasteiger partial charge in [0, 0.05) is 38.0 Å². The zero-order chi connectivity index (χ0) is 19.8. The monoisotopic (exact) mass is 379 g/mol. The number of rotatable bonds is 7. The van der Waals surface area contributed by atoms with Crippen molar-refractivity contribution in [1.82, 2.24) is 10.2 Å². The van der Waals surface area contributed by atoms with Crippen molar-refractivity contribution < 1.29 is 4.74 Å². The van der Waals surface area contributed by atoms with E-state index >= 15 is 0 Å². The van der Waals surface area contributed by atoms with Crippen LogP contribution in [0.15, 0.2) is 65.7 Å². The molecule has 28 heavy (non-hydrogen) atoms. The van der Waals surface area contributed by atoms with Crippen LogP contribution in [0.4, 0.5) is 0 Å². The number of hydrogen-bond donors (Lipinski definition) is 1. The van der Waals surface area contributed by atoms with E-state index in [1.807, 2.05) is 13.1 Å². The lowest BCUT2D eigenvalue weighted by Crippen LogP contribution is -2.45. The predicted molar refractivity (Wildman–Crippen MR) is 117 cm³/mol. The minimum atomic E-state index is 0.0507. The highest BCUT2D eigenvalue weighted by atomic mass is 16.5. The lowest BCUT2D eigenvalue weighted by Gasteiger charge is -2.29. The van der Waals surface area contributed by atoms with E-state index in [-0.39, 0.29) is 5.41 Å². The summed E-state index contributed by atoms with van der Waals surface area (Å²) in [5, 5.41) is 3.59. The summed E-state index contributed by atoms with van der Waals surface area (Å²) in [6, 6.07) is 21.0. The number of nitrogens with zero attached hydrogens (tertiary/aromatic N) is 2. The SMILES string of the molecule is CN=C(NCC(C)(C)c1ccccc1)N1CCC(COCc2ccccc2)C1. The van der Waals surface area contributed by atoms with E-state index in [0.717, 1.165) is 38.6 Å². The molecular weight excluding hydrogens is 346 g/mol. The lowest BCUT2D eigenvalue weighted by molar-refractivity contribution is 0.0906. The van der Waals surface area contributed by atoms with Gasteiger partial charge in [-0.3, -0.25) is 4.99 Å². The van der Waals surface area contributed by atoms with Crippen molar-refractivity contribution in [2.24, 2.45) is 10.9 Å². The van der Waals surface area contributed by atoms with Crippen molar-refractivity contribution in [2.45, 2.75) is 32.3 Å². The van der Waals surface area contributed by atoms with Gasteiger partial charge in [-0.2, -0.15) is 0 Å². The summed E-state index contributed by atoms with van der Waals surface area (Å²) in [5.74, 6) is 1.55. The van der Waals surface area contributed by atoms with Gasteiger partial charge in [-0.25, -0.2) is 0 Å². The Bertz CT molecular complexity index is 743. The molecule has 0 amide bonds. The molecule has 0 aliphatic carbocycles. The summed E-state index contributed by atoms with van der Waals surface area (Å²) in [6.45, 7) is 8.92. The van der Waals surface area contributed by atoms with Crippen LogP contribution in [0.25, 0.3) is 0 Å². The number of guanidine groups is 1. The third kappa shape index (κ3) is 5.59. The van der Waals surface area contributed by atoms with Gasteiger partial charge in [-0.15, -0.1) is 0 Å². The second-order valence-electron chi connectivity index (χ2n) is 8.25. The molecule has 1 heterocycles. The van der Waals surface area contributed by atoms with Crippen molar-refractivity contribution in [3.05, 3.63) is 71.8 Å². The Balaban J connectivity index is 1.45. The Hall–Kier alpha value is -2.33. The van der Waals surface area contributed by atoms with Gasteiger partial charge in [0.15, 0.2) is 5.96 Å². The first-order chi connectivity index (χ1) is 13.6. The maximum Gasteiger partial charge on any atom is 0.193 e. The van der Waals surface area contributed by atoms with Gasteiger partial charge >= 0.3 is 0 Å². The topological polar surface area (TPSA) is 36.9 Å². The van der Waals surface area contributed by atoms with Crippen LogP contribution in [0.1, 0.15) is 31.4 Å². The largest absolute Gasteiger partial charge is 0.376 e. The van der Waals surface area contributed by atoms with Crippen molar-refractivity contribution >= 4 is 5.96 Å². The van der Waals surface area contributed by atoms with Crippen LogP contribution in [0, 0.1) is 5.92 Å². The number of ether oxygens (including phenoxy) is 1. The average Bonchev–Trinajstić information content (AvgIpc) is 3.18. The molecule has 4 heteroatoms. The fourth-order valence-corrected chi connectivity index (χ4v) is 3.70. The van der Waals surface area contributed by atoms with E-state index in [1.54, 1.807) is 0 Å². The van der Waals surface area contributed by atoms with Crippen molar-refractivity contribution in [2.75, 3.05) is 33.3 Å². The van der Waals surface area contributed by atoms with Crippen LogP contribution < -0.4 is 5.32 Å². The number of hydrogen-bond acceptors (Lipinski definition) is 2. The smallest absolute Gasteiger partial charge is 0.193 e. The summed E-state index contributed by atoms with van der Waals surface area (Å²) < 4.78 is 5.95. The quantitative estimate of drug-likeness (QED) is 0.582. The summed E-state index contributed by atoms with van der Waals surface area (Å²) in [6.07, 6.45) is 1.15. The van der Waals surface area contributed by atoms with Crippen LogP contribution in [0.5, 0.6) is 0 Å². The average molecular weight is 380 g/mol. The number of benzene rings is 2. The molecule has 2 aromatic rings. The van der Waals surface area contributed by atoms with Crippen LogP contribution in [-0.2, 0) is 16.8 Å². The molecule has 0 spiro atoms. The second-order valence-corrected chi connectivity index (χ2v) is 8.25. The maximum atomic E-state index is 5.95. The van der Waals surface area contributed by atoms with Crippen LogP contribution in [0.2, 0.25) is 0 Å². The molecule has 1 aliphatic rings. The van der Waals surface area contributed by atoms with Crippen molar-refractivity contribution in [3.8, 4) is 0 Å². The van der Waals surface area contributed by atoms with Gasteiger partial charge < -0.3 is 15.0 Å². The minimum absolute atomic E-state index is 0.0507. The maximum absolute atomic E-state index is 5.95. The Morgan fingerprint density at radius 3 is 2.46 bits per heavy atom. The molecule has 4 nitrogen and oxygen atoms in total. The Kier molecular flexibility index (Phi) is 7.10. The van der Waals surface area contributed by atoms with Gasteiger partial charge in [0.05, 0.1) is 13.2 Å². The number of aliphatic imine (C=N–C) groups is 1. The molecule has 3 rings (SSSR count). The van der Waals surface area contributed by atoms with Crippen LogP contribution >= 0.6 is 0 Å². The molecule has 150 valence electrons. The Morgan fingerprint density at radius 1 is 1.11 bits per heavy atom. The Labute approximate surface area is 169 Å². The molecule has 0 aromatic heterocycles. The highest BCUT2D eigenvalue weighted by Crippen LogP contribution is 2.22. The van der Waals surface area contributed by atoms with E-state index < -0.39 is 0 Å². The third-order valence-electron chi connectivity index (χ3n) is 5.51. The Morgan fingerprint density at radius 2 is 1.79 bits per heavy atom. The third-order valence-corrected chi connectivity index (χ3v) is 5.51. The minimum Gasteiger partial charge on any atom is -0.376 e. The first-order valence-electron chi connectivity index (χ1n) is 10.2. The van der Waals surface area contributed by atoms with Gasteiger partial charge in [0.25, 0.3) is 0 Å². The van der Waals surface area contributed by atoms with Crippen LogP contribution in [-0.4, -0.2) is 44.1 Å². The zero-order valence-electron chi connectivity index (χ0n) is 17.4. The van der Waals surface area contributed by atoms with Gasteiger partial charge in [-0.05, 0) is 17.5 Å². The summed E-state index contributed by atoms with van der Waals surface area (Å²) >= 11 is 0. The van der Waals surface area contributed by atoms with E-state index in [4.69, 9.17) is 4.74 Å². The van der Waals surface area contributed by atoms with Gasteiger partial charge in [0.1, 0.15) is 0 Å². The lowest BCUT2D eigenvalue weighted by atomic mass is 9.85. The molecule has 0 saturated carbocycles. The summed E-state index contributed by atoms with van der Waals surface area (Å²) in [7, 11) is 1.87. The van der Waals surface area contributed by atoms with Crippen molar-refractivity contribution in [1.29, 1.82) is 0 Å². The molecule has 0 bridgehead atoms. The fourth-order valence-electron chi connectivity index (χ4n) is 3.70. The van der Waals surface area contributed by atoms with Crippen molar-refractivity contribution in [3.63, 3.8) is 0 Å². The first-order valence-corrected chi connectivity index (χ1v) is 10.2. The zero-order valence-corrected chi connectivity index (χ0v) is 17.4. The first kappa shape index (κ1) is 20.4. The van der Waals surface area contributed by atoms with Crippen LogP contribution in [0.3, 0.4) is 0 Å². The number of likely N-dealkylation sites (tertiary alicyclic amines) is 1. The molecule has 1 saturated heterocycles. The highest BCUT2D eigenvalue weighted by molar-refractivity contribution is 5.80. The predicted octanol–water partition coefficient (Wildman–Crippen LogP) is 4.08. The summed E-state index contributed by atoms with van der Waals surface area (Å²) in [5.41, 5.74) is 2.62. The van der Waals surface area contributed by atoms with E-state index in [1.165, 1.54) is 11.1 Å². The standard InChI is InChI=1S/C24H33N3O/c1-24(2,22-12-8-5-9-13-22)19-26-23(25-3)27-15-14-21(16-27)18-28-17-20-10-6-4-7-11-20/h4-13,21H,14-19H2,1-3H3,(H,25,26). The van der Waals surface area contributed by atoms with Gasteiger partial charge in [-0.1, -0.05) is 74.5 Å². The fraction of sp³-hybridized carbons (Fsp3) is 0.458. The highest BCUT2D eigenvalue weighted by Gasteiger charge is 2.27. The molecule has 1 atom stereocenters. The second kappa shape index (κ2) is 9.74. The molecule has 1 fully saturated rings. The van der Waals surface area contributed by atoms with Gasteiger partial charge in [0.2, 0.25) is 0 Å². The normalized spacial score (nSPS) is 17.8. The van der Waals surface area contributed by atoms with E-state index in [2.05, 4.69) is 83.7 Å². The summed E-state index contributed by atoms with van der Waals surface area (Å²) in [4.78, 5) is 6.88. The molecule has 2 aromatic carbocycles. The molecule has 1 unspecified atom stereocenters. The van der Waals surface area contributed by atoms with E-state index in [0.29, 0.717) is 12.5 Å². The van der Waals surface area contributed by atoms with E-state index in [9.17, 15) is 0 Å². The molecule has 1 N–H and O–H groups in total. The molecular formula is C24H33N3O. The number of nitrogens with one attached hydrogen (secondary N) is 1.